The summed E-state index contributed by atoms with van der Waals surface area (Å²) < 4.78 is 0. The van der Waals surface area contributed by atoms with Gasteiger partial charge in [0.05, 0.1) is 12.2 Å². The molecule has 0 aliphatic carbocycles. The molecular formula is C12H16N2O3. The van der Waals surface area contributed by atoms with Crippen LogP contribution in [-0.2, 0) is 13.0 Å². The van der Waals surface area contributed by atoms with Crippen molar-refractivity contribution in [2.24, 2.45) is 5.92 Å². The normalized spacial score (nSPS) is 19.6. The molecule has 5 heteroatoms. The maximum Gasteiger partial charge on any atom is 0.407 e. The molecule has 0 fully saturated rings. The van der Waals surface area contributed by atoms with Crippen LogP contribution in [0.25, 0.3) is 0 Å². The van der Waals surface area contributed by atoms with Crippen LogP contribution in [0.1, 0.15) is 24.6 Å². The summed E-state index contributed by atoms with van der Waals surface area (Å²) in [5.41, 5.74) is 1.71. The highest BCUT2D eigenvalue weighted by molar-refractivity contribution is 5.65. The lowest BCUT2D eigenvalue weighted by molar-refractivity contribution is 0.134. The molecule has 1 aromatic rings. The third kappa shape index (κ3) is 2.49. The number of fused-ring (bicyclic) bond motifs is 1. The van der Waals surface area contributed by atoms with E-state index in [1.54, 1.807) is 6.07 Å². The number of amides is 1. The zero-order valence-corrected chi connectivity index (χ0v) is 9.76. The van der Waals surface area contributed by atoms with E-state index in [9.17, 15) is 9.90 Å². The van der Waals surface area contributed by atoms with Gasteiger partial charge in [0.1, 0.15) is 0 Å². The highest BCUT2D eigenvalue weighted by Gasteiger charge is 2.24. The average molecular weight is 236 g/mol. The standard InChI is InChI=1S/C12H16N2O3/c1-2-8-5-9-3-4-11(15)13-10(9)7-14(6-8)12(16)17/h3-4,8H,2,5-7H2,1H3,(H,13,15)(H,16,17)/t8-/m0/s1. The van der Waals surface area contributed by atoms with Gasteiger partial charge in [-0.25, -0.2) is 9.78 Å². The summed E-state index contributed by atoms with van der Waals surface area (Å²) in [6.07, 6.45) is 0.828. The van der Waals surface area contributed by atoms with E-state index in [-0.39, 0.29) is 12.4 Å². The zero-order chi connectivity index (χ0) is 12.4. The molecule has 0 bridgehead atoms. The van der Waals surface area contributed by atoms with E-state index in [0.29, 0.717) is 18.2 Å². The first-order chi connectivity index (χ1) is 8.10. The Morgan fingerprint density at radius 3 is 3.00 bits per heavy atom. The molecule has 2 heterocycles. The summed E-state index contributed by atoms with van der Waals surface area (Å²) in [5.74, 6) is 0.266. The minimum atomic E-state index is -0.929. The molecule has 2 rings (SSSR count). The molecule has 1 amide bonds. The third-order valence-electron chi connectivity index (χ3n) is 3.23. The summed E-state index contributed by atoms with van der Waals surface area (Å²) in [6.45, 7) is 2.85. The lowest BCUT2D eigenvalue weighted by Gasteiger charge is -2.20. The molecule has 1 atom stereocenters. The Labute approximate surface area is 99.7 Å². The Balaban J connectivity index is 2.35. The van der Waals surface area contributed by atoms with E-state index < -0.39 is 6.09 Å². The smallest absolute Gasteiger partial charge is 0.407 e. The molecule has 0 radical (unpaired) electrons. The minimum absolute atomic E-state index is 0.0518. The van der Waals surface area contributed by atoms with E-state index in [1.165, 1.54) is 4.90 Å². The van der Waals surface area contributed by atoms with Crippen molar-refractivity contribution in [2.45, 2.75) is 26.3 Å². The third-order valence-corrected chi connectivity index (χ3v) is 3.23. The van der Waals surface area contributed by atoms with Crippen molar-refractivity contribution in [3.05, 3.63) is 23.4 Å². The van der Waals surface area contributed by atoms with Gasteiger partial charge in [-0.1, -0.05) is 19.4 Å². The van der Waals surface area contributed by atoms with Crippen LogP contribution in [0, 0.1) is 5.92 Å². The Kier molecular flexibility index (Phi) is 3.17. The monoisotopic (exact) mass is 236 g/mol. The van der Waals surface area contributed by atoms with Crippen LogP contribution in [0.3, 0.4) is 0 Å². The first kappa shape index (κ1) is 11.7. The van der Waals surface area contributed by atoms with Gasteiger partial charge in [0.25, 0.3) is 0 Å². The quantitative estimate of drug-likeness (QED) is 0.780. The van der Waals surface area contributed by atoms with Gasteiger partial charge in [0, 0.05) is 12.6 Å². The van der Waals surface area contributed by atoms with Crippen molar-refractivity contribution in [3.8, 4) is 5.88 Å². The lowest BCUT2D eigenvalue weighted by atomic mass is 9.97. The van der Waals surface area contributed by atoms with E-state index in [1.807, 2.05) is 6.07 Å². The van der Waals surface area contributed by atoms with Crippen molar-refractivity contribution in [3.63, 3.8) is 0 Å². The summed E-state index contributed by atoms with van der Waals surface area (Å²) in [7, 11) is 0. The van der Waals surface area contributed by atoms with Crippen molar-refractivity contribution in [2.75, 3.05) is 6.54 Å². The number of carbonyl (C=O) groups is 1. The second-order valence-electron chi connectivity index (χ2n) is 4.42. The second kappa shape index (κ2) is 4.61. The lowest BCUT2D eigenvalue weighted by Crippen LogP contribution is -2.32. The number of nitrogens with zero attached hydrogens (tertiary/aromatic N) is 2. The number of hydrogen-bond donors (Lipinski definition) is 2. The molecule has 1 aliphatic rings. The molecule has 92 valence electrons. The molecular weight excluding hydrogens is 220 g/mol. The molecule has 0 saturated heterocycles. The number of carboxylic acid groups (broad SMARTS) is 1. The van der Waals surface area contributed by atoms with Gasteiger partial charge in [-0.2, -0.15) is 0 Å². The van der Waals surface area contributed by atoms with Gasteiger partial charge < -0.3 is 15.1 Å². The minimum Gasteiger partial charge on any atom is -0.493 e. The first-order valence-corrected chi connectivity index (χ1v) is 5.75. The highest BCUT2D eigenvalue weighted by atomic mass is 16.4. The number of aromatic hydroxyl groups is 1. The fraction of sp³-hybridized carbons (Fsp3) is 0.500. The van der Waals surface area contributed by atoms with Crippen molar-refractivity contribution in [1.82, 2.24) is 9.88 Å². The molecule has 2 N–H and O–H groups in total. The Bertz CT molecular complexity index is 434. The number of aromatic nitrogens is 1. The predicted molar refractivity (Wildman–Crippen MR) is 61.8 cm³/mol. The van der Waals surface area contributed by atoms with Crippen LogP contribution in [0.2, 0.25) is 0 Å². The summed E-state index contributed by atoms with van der Waals surface area (Å²) >= 11 is 0. The number of rotatable bonds is 1. The number of hydrogen-bond acceptors (Lipinski definition) is 3. The van der Waals surface area contributed by atoms with Crippen LogP contribution in [0.5, 0.6) is 5.88 Å². The summed E-state index contributed by atoms with van der Waals surface area (Å²) in [4.78, 5) is 16.5. The average Bonchev–Trinajstić information content (AvgIpc) is 2.47. The fourth-order valence-electron chi connectivity index (χ4n) is 2.19. The molecule has 0 unspecified atom stereocenters. The van der Waals surface area contributed by atoms with Crippen LogP contribution in [0.4, 0.5) is 4.79 Å². The molecule has 1 aromatic heterocycles. The fourth-order valence-corrected chi connectivity index (χ4v) is 2.19. The van der Waals surface area contributed by atoms with Crippen LogP contribution >= 0.6 is 0 Å². The van der Waals surface area contributed by atoms with E-state index >= 15 is 0 Å². The number of pyridine rings is 1. The highest BCUT2D eigenvalue weighted by Crippen LogP contribution is 2.24. The summed E-state index contributed by atoms with van der Waals surface area (Å²) in [6, 6.07) is 3.40. The van der Waals surface area contributed by atoms with Crippen LogP contribution in [0.15, 0.2) is 12.1 Å². The first-order valence-electron chi connectivity index (χ1n) is 5.75. The van der Waals surface area contributed by atoms with Crippen molar-refractivity contribution < 1.29 is 15.0 Å². The van der Waals surface area contributed by atoms with Crippen molar-refractivity contribution >= 4 is 6.09 Å². The predicted octanol–water partition coefficient (Wildman–Crippen LogP) is 1.85. The van der Waals surface area contributed by atoms with Crippen molar-refractivity contribution in [1.29, 1.82) is 0 Å². The van der Waals surface area contributed by atoms with Gasteiger partial charge in [0.2, 0.25) is 5.88 Å². The zero-order valence-electron chi connectivity index (χ0n) is 9.76. The van der Waals surface area contributed by atoms with Crippen LogP contribution < -0.4 is 0 Å². The van der Waals surface area contributed by atoms with E-state index in [0.717, 1.165) is 18.4 Å². The second-order valence-corrected chi connectivity index (χ2v) is 4.42. The Morgan fingerprint density at radius 2 is 2.35 bits per heavy atom. The van der Waals surface area contributed by atoms with Crippen LogP contribution in [-0.4, -0.2) is 32.7 Å². The van der Waals surface area contributed by atoms with E-state index in [4.69, 9.17) is 5.11 Å². The maximum absolute atomic E-state index is 11.1. The Hall–Kier alpha value is -1.78. The molecule has 0 spiro atoms. The van der Waals surface area contributed by atoms with Gasteiger partial charge >= 0.3 is 6.09 Å². The molecule has 1 aliphatic heterocycles. The Morgan fingerprint density at radius 1 is 1.59 bits per heavy atom. The molecule has 0 saturated carbocycles. The SMILES string of the molecule is CC[C@H]1Cc2ccc(O)nc2CN(C(=O)O)C1. The molecule has 0 aromatic carbocycles. The van der Waals surface area contributed by atoms with Gasteiger partial charge in [0.15, 0.2) is 0 Å². The topological polar surface area (TPSA) is 73.7 Å². The summed E-state index contributed by atoms with van der Waals surface area (Å²) in [5, 5.41) is 18.5. The molecule has 17 heavy (non-hydrogen) atoms. The maximum atomic E-state index is 11.1. The molecule has 5 nitrogen and oxygen atoms in total. The van der Waals surface area contributed by atoms with E-state index in [2.05, 4.69) is 11.9 Å². The van der Waals surface area contributed by atoms with Gasteiger partial charge in [-0.3, -0.25) is 0 Å². The van der Waals surface area contributed by atoms with Gasteiger partial charge in [-0.05, 0) is 17.9 Å². The largest absolute Gasteiger partial charge is 0.493 e. The van der Waals surface area contributed by atoms with Gasteiger partial charge in [-0.15, -0.1) is 0 Å².